The third kappa shape index (κ3) is 4.75. The van der Waals surface area contributed by atoms with Crippen molar-refractivity contribution >= 4 is 11.6 Å². The van der Waals surface area contributed by atoms with Crippen LogP contribution in [0.25, 0.3) is 0 Å². The van der Waals surface area contributed by atoms with Crippen molar-refractivity contribution in [2.24, 2.45) is 0 Å². The van der Waals surface area contributed by atoms with Crippen LogP contribution in [0.3, 0.4) is 0 Å². The third-order valence-electron chi connectivity index (χ3n) is 5.32. The first-order chi connectivity index (χ1) is 13.6. The van der Waals surface area contributed by atoms with Gasteiger partial charge in [-0.25, -0.2) is 0 Å². The van der Waals surface area contributed by atoms with Crippen molar-refractivity contribution in [3.8, 4) is 11.5 Å². The second-order valence-electron chi connectivity index (χ2n) is 6.93. The molecule has 150 valence electrons. The monoisotopic (exact) mass is 383 g/mol. The number of amides is 1. The Bertz CT molecular complexity index is 771. The predicted molar refractivity (Wildman–Crippen MR) is 111 cm³/mol. The smallest absolute Gasteiger partial charge is 0.237 e. The molecule has 2 aromatic carbocycles. The number of rotatable bonds is 7. The molecular formula is C22H29N3O3. The molecule has 1 amide bonds. The lowest BCUT2D eigenvalue weighted by atomic mass is 10.1. The summed E-state index contributed by atoms with van der Waals surface area (Å²) in [6.45, 7) is 5.96. The van der Waals surface area contributed by atoms with Gasteiger partial charge in [-0.3, -0.25) is 9.69 Å². The Kier molecular flexibility index (Phi) is 6.76. The molecule has 6 nitrogen and oxygen atoms in total. The van der Waals surface area contributed by atoms with E-state index in [-0.39, 0.29) is 11.9 Å². The topological polar surface area (TPSA) is 54.0 Å². The van der Waals surface area contributed by atoms with Crippen LogP contribution in [0, 0.1) is 0 Å². The fourth-order valence-corrected chi connectivity index (χ4v) is 3.51. The molecule has 0 aromatic heterocycles. The summed E-state index contributed by atoms with van der Waals surface area (Å²) in [6, 6.07) is 15.7. The first-order valence-electron chi connectivity index (χ1n) is 9.65. The molecule has 1 aliphatic rings. The SMILES string of the molecule is COc1ccc(N2CCN([C@@H](C)C(=O)NCc3ccccc3OC)CC2)cc1. The molecule has 0 unspecified atom stereocenters. The molecule has 0 spiro atoms. The maximum Gasteiger partial charge on any atom is 0.237 e. The summed E-state index contributed by atoms with van der Waals surface area (Å²) in [5, 5.41) is 3.04. The Morgan fingerprint density at radius 2 is 1.68 bits per heavy atom. The van der Waals surface area contributed by atoms with E-state index >= 15 is 0 Å². The largest absolute Gasteiger partial charge is 0.497 e. The van der Waals surface area contributed by atoms with Crippen LogP contribution in [-0.4, -0.2) is 57.2 Å². The molecule has 0 saturated carbocycles. The zero-order valence-electron chi connectivity index (χ0n) is 16.9. The van der Waals surface area contributed by atoms with Gasteiger partial charge in [0.2, 0.25) is 5.91 Å². The number of hydrogen-bond donors (Lipinski definition) is 1. The zero-order valence-corrected chi connectivity index (χ0v) is 16.9. The lowest BCUT2D eigenvalue weighted by Crippen LogP contribution is -2.53. The van der Waals surface area contributed by atoms with Crippen LogP contribution in [0.2, 0.25) is 0 Å². The fourth-order valence-electron chi connectivity index (χ4n) is 3.51. The van der Waals surface area contributed by atoms with Crippen LogP contribution in [0.15, 0.2) is 48.5 Å². The number of carbonyl (C=O) groups excluding carboxylic acids is 1. The molecule has 1 aliphatic heterocycles. The number of nitrogens with zero attached hydrogens (tertiary/aromatic N) is 2. The van der Waals surface area contributed by atoms with Gasteiger partial charge in [0.1, 0.15) is 11.5 Å². The van der Waals surface area contributed by atoms with Gasteiger partial charge in [-0.05, 0) is 37.3 Å². The van der Waals surface area contributed by atoms with E-state index < -0.39 is 0 Å². The molecule has 0 bridgehead atoms. The first-order valence-corrected chi connectivity index (χ1v) is 9.65. The van der Waals surface area contributed by atoms with Crippen LogP contribution >= 0.6 is 0 Å². The number of carbonyl (C=O) groups is 1. The highest BCUT2D eigenvalue weighted by atomic mass is 16.5. The average Bonchev–Trinajstić information content (AvgIpc) is 2.77. The summed E-state index contributed by atoms with van der Waals surface area (Å²) in [4.78, 5) is 17.2. The quantitative estimate of drug-likeness (QED) is 0.796. The Hall–Kier alpha value is -2.73. The molecule has 3 rings (SSSR count). The second kappa shape index (κ2) is 9.46. The van der Waals surface area contributed by atoms with Crippen molar-refractivity contribution in [3.05, 3.63) is 54.1 Å². The molecule has 1 N–H and O–H groups in total. The Morgan fingerprint density at radius 1 is 1.00 bits per heavy atom. The number of anilines is 1. The van der Waals surface area contributed by atoms with E-state index in [4.69, 9.17) is 9.47 Å². The van der Waals surface area contributed by atoms with E-state index in [0.29, 0.717) is 6.54 Å². The minimum atomic E-state index is -0.160. The second-order valence-corrected chi connectivity index (χ2v) is 6.93. The van der Waals surface area contributed by atoms with Gasteiger partial charge in [-0.1, -0.05) is 18.2 Å². The molecule has 1 saturated heterocycles. The summed E-state index contributed by atoms with van der Waals surface area (Å²) in [7, 11) is 3.32. The molecule has 1 fully saturated rings. The molecule has 1 atom stereocenters. The van der Waals surface area contributed by atoms with Gasteiger partial charge in [0, 0.05) is 44.0 Å². The van der Waals surface area contributed by atoms with Crippen molar-refractivity contribution in [3.63, 3.8) is 0 Å². The molecule has 0 radical (unpaired) electrons. The number of ether oxygens (including phenoxy) is 2. The summed E-state index contributed by atoms with van der Waals surface area (Å²) in [5.74, 6) is 1.70. The Morgan fingerprint density at radius 3 is 2.32 bits per heavy atom. The van der Waals surface area contributed by atoms with Gasteiger partial charge in [-0.15, -0.1) is 0 Å². The minimum Gasteiger partial charge on any atom is -0.497 e. The summed E-state index contributed by atoms with van der Waals surface area (Å²) >= 11 is 0. The van der Waals surface area contributed by atoms with E-state index in [2.05, 4.69) is 27.2 Å². The van der Waals surface area contributed by atoms with Crippen LogP contribution in [0.5, 0.6) is 11.5 Å². The minimum absolute atomic E-state index is 0.0452. The number of hydrogen-bond acceptors (Lipinski definition) is 5. The Labute approximate surface area is 167 Å². The van der Waals surface area contributed by atoms with E-state index in [1.54, 1.807) is 14.2 Å². The van der Waals surface area contributed by atoms with Crippen molar-refractivity contribution in [2.75, 3.05) is 45.3 Å². The summed E-state index contributed by atoms with van der Waals surface area (Å²) in [6.07, 6.45) is 0. The lowest BCUT2D eigenvalue weighted by molar-refractivity contribution is -0.126. The van der Waals surface area contributed by atoms with Crippen LogP contribution in [0.4, 0.5) is 5.69 Å². The van der Waals surface area contributed by atoms with E-state index in [0.717, 1.165) is 43.2 Å². The molecular weight excluding hydrogens is 354 g/mol. The number of benzene rings is 2. The van der Waals surface area contributed by atoms with Crippen molar-refractivity contribution in [1.29, 1.82) is 0 Å². The standard InChI is InChI=1S/C22H29N3O3/c1-17(22(26)23-16-18-6-4-5-7-21(18)28-3)24-12-14-25(15-13-24)19-8-10-20(27-2)11-9-19/h4-11,17H,12-16H2,1-3H3,(H,23,26)/t17-/m0/s1. The predicted octanol–water partition coefficient (Wildman–Crippen LogP) is 2.53. The van der Waals surface area contributed by atoms with Gasteiger partial charge in [0.15, 0.2) is 0 Å². The fraction of sp³-hybridized carbons (Fsp3) is 0.409. The number of piperazine rings is 1. The van der Waals surface area contributed by atoms with Gasteiger partial charge >= 0.3 is 0 Å². The highest BCUT2D eigenvalue weighted by Gasteiger charge is 2.25. The van der Waals surface area contributed by atoms with E-state index in [1.165, 1.54) is 5.69 Å². The van der Waals surface area contributed by atoms with Crippen molar-refractivity contribution in [2.45, 2.75) is 19.5 Å². The van der Waals surface area contributed by atoms with Crippen molar-refractivity contribution in [1.82, 2.24) is 10.2 Å². The van der Waals surface area contributed by atoms with Crippen LogP contribution in [-0.2, 0) is 11.3 Å². The number of para-hydroxylation sites is 1. The van der Waals surface area contributed by atoms with Gasteiger partial charge < -0.3 is 19.7 Å². The zero-order chi connectivity index (χ0) is 19.9. The lowest BCUT2D eigenvalue weighted by Gasteiger charge is -2.38. The maximum atomic E-state index is 12.6. The number of methoxy groups -OCH3 is 2. The molecule has 28 heavy (non-hydrogen) atoms. The molecule has 6 heteroatoms. The van der Waals surface area contributed by atoms with Crippen molar-refractivity contribution < 1.29 is 14.3 Å². The van der Waals surface area contributed by atoms with Crippen LogP contribution in [0.1, 0.15) is 12.5 Å². The van der Waals surface area contributed by atoms with Gasteiger partial charge in [0.05, 0.1) is 20.3 Å². The molecule has 0 aliphatic carbocycles. The molecule has 2 aromatic rings. The third-order valence-corrected chi connectivity index (χ3v) is 5.32. The van der Waals surface area contributed by atoms with E-state index in [9.17, 15) is 4.79 Å². The first kappa shape index (κ1) is 20.0. The summed E-state index contributed by atoms with van der Waals surface area (Å²) in [5.41, 5.74) is 2.17. The van der Waals surface area contributed by atoms with E-state index in [1.807, 2.05) is 43.3 Å². The Balaban J connectivity index is 1.49. The normalized spacial score (nSPS) is 15.8. The maximum absolute atomic E-state index is 12.6. The van der Waals surface area contributed by atoms with Gasteiger partial charge in [-0.2, -0.15) is 0 Å². The molecule has 1 heterocycles. The summed E-state index contributed by atoms with van der Waals surface area (Å²) < 4.78 is 10.6. The highest BCUT2D eigenvalue weighted by Crippen LogP contribution is 2.21. The number of nitrogens with one attached hydrogen (secondary N) is 1. The van der Waals surface area contributed by atoms with Crippen LogP contribution < -0.4 is 19.7 Å². The highest BCUT2D eigenvalue weighted by molar-refractivity contribution is 5.81. The van der Waals surface area contributed by atoms with Gasteiger partial charge in [0.25, 0.3) is 0 Å². The average molecular weight is 383 g/mol.